The van der Waals surface area contributed by atoms with Gasteiger partial charge in [-0.3, -0.25) is 0 Å². The third-order valence-corrected chi connectivity index (χ3v) is 4.73. The van der Waals surface area contributed by atoms with Crippen molar-refractivity contribution in [3.05, 3.63) is 18.3 Å². The van der Waals surface area contributed by atoms with E-state index in [9.17, 15) is 5.11 Å². The van der Waals surface area contributed by atoms with E-state index in [4.69, 9.17) is 9.47 Å². The Morgan fingerprint density at radius 3 is 2.50 bits per heavy atom. The molecule has 3 rings (SSSR count). The highest BCUT2D eigenvalue weighted by molar-refractivity contribution is 5.94. The standard InChI is InChI=1S/C18H25N3O3/c1-12(22)8-13-4-6-21(7-5-13)18-15-10-17(24-3)16(23-2)9-14(15)11-19-20-18/h9-13,22H,4-8H2,1-3H3. The van der Waals surface area contributed by atoms with E-state index in [1.165, 1.54) is 0 Å². The number of hydrogen-bond acceptors (Lipinski definition) is 6. The van der Waals surface area contributed by atoms with Crippen LogP contribution in [0.5, 0.6) is 11.5 Å². The first kappa shape index (κ1) is 16.8. The monoisotopic (exact) mass is 331 g/mol. The highest BCUT2D eigenvalue weighted by atomic mass is 16.5. The molecule has 2 heterocycles. The smallest absolute Gasteiger partial charge is 0.161 e. The zero-order chi connectivity index (χ0) is 17.1. The second-order valence-corrected chi connectivity index (χ2v) is 6.48. The Balaban J connectivity index is 1.87. The van der Waals surface area contributed by atoms with E-state index < -0.39 is 0 Å². The Hall–Kier alpha value is -2.08. The first-order valence-electron chi connectivity index (χ1n) is 8.42. The normalized spacial score (nSPS) is 17.1. The van der Waals surface area contributed by atoms with Gasteiger partial charge in [-0.2, -0.15) is 5.10 Å². The summed E-state index contributed by atoms with van der Waals surface area (Å²) in [6.45, 7) is 3.72. The lowest BCUT2D eigenvalue weighted by Gasteiger charge is -2.33. The molecule has 1 aromatic heterocycles. The maximum atomic E-state index is 9.57. The number of aromatic nitrogens is 2. The fourth-order valence-corrected chi connectivity index (χ4v) is 3.49. The molecule has 0 amide bonds. The van der Waals surface area contributed by atoms with Gasteiger partial charge in [0.1, 0.15) is 0 Å². The molecule has 1 N–H and O–H groups in total. The average molecular weight is 331 g/mol. The molecular weight excluding hydrogens is 306 g/mol. The average Bonchev–Trinajstić information content (AvgIpc) is 2.60. The van der Waals surface area contributed by atoms with E-state index in [1.54, 1.807) is 20.4 Å². The number of aliphatic hydroxyl groups is 1. The van der Waals surface area contributed by atoms with Gasteiger partial charge in [-0.05, 0) is 44.2 Å². The molecule has 6 heteroatoms. The van der Waals surface area contributed by atoms with Crippen LogP contribution in [0.25, 0.3) is 10.8 Å². The van der Waals surface area contributed by atoms with Gasteiger partial charge in [-0.25, -0.2) is 0 Å². The molecule has 1 atom stereocenters. The van der Waals surface area contributed by atoms with Crippen LogP contribution in [-0.4, -0.2) is 48.7 Å². The lowest BCUT2D eigenvalue weighted by atomic mass is 9.91. The van der Waals surface area contributed by atoms with Gasteiger partial charge in [0.25, 0.3) is 0 Å². The molecule has 0 saturated carbocycles. The Kier molecular flexibility index (Phi) is 5.04. The molecule has 1 saturated heterocycles. The minimum atomic E-state index is -0.226. The van der Waals surface area contributed by atoms with Crippen LogP contribution in [-0.2, 0) is 0 Å². The summed E-state index contributed by atoms with van der Waals surface area (Å²) in [5.74, 6) is 2.87. The zero-order valence-electron chi connectivity index (χ0n) is 14.5. The van der Waals surface area contributed by atoms with Gasteiger partial charge in [0, 0.05) is 23.9 Å². The van der Waals surface area contributed by atoms with Crippen molar-refractivity contribution >= 4 is 16.6 Å². The van der Waals surface area contributed by atoms with Gasteiger partial charge in [-0.15, -0.1) is 5.10 Å². The SMILES string of the molecule is COc1cc2cnnc(N3CCC(CC(C)O)CC3)c2cc1OC. The summed E-state index contributed by atoms with van der Waals surface area (Å²) >= 11 is 0. The first-order chi connectivity index (χ1) is 11.6. The van der Waals surface area contributed by atoms with E-state index in [1.807, 2.05) is 19.1 Å². The minimum absolute atomic E-state index is 0.226. The number of ether oxygens (including phenoxy) is 2. The molecule has 2 aromatic rings. The highest BCUT2D eigenvalue weighted by Gasteiger charge is 2.23. The number of fused-ring (bicyclic) bond motifs is 1. The molecule has 130 valence electrons. The van der Waals surface area contributed by atoms with Crippen molar-refractivity contribution in [1.29, 1.82) is 0 Å². The molecule has 0 bridgehead atoms. The summed E-state index contributed by atoms with van der Waals surface area (Å²) in [6.07, 6.45) is 4.53. The molecule has 1 aliphatic heterocycles. The Labute approximate surface area is 142 Å². The minimum Gasteiger partial charge on any atom is -0.493 e. The van der Waals surface area contributed by atoms with Crippen molar-refractivity contribution in [2.24, 2.45) is 5.92 Å². The summed E-state index contributed by atoms with van der Waals surface area (Å²) in [5.41, 5.74) is 0. The van der Waals surface area contributed by atoms with E-state index in [0.29, 0.717) is 17.4 Å². The second-order valence-electron chi connectivity index (χ2n) is 6.48. The molecule has 6 nitrogen and oxygen atoms in total. The molecule has 24 heavy (non-hydrogen) atoms. The van der Waals surface area contributed by atoms with Crippen molar-refractivity contribution in [3.8, 4) is 11.5 Å². The molecule has 1 unspecified atom stereocenters. The van der Waals surface area contributed by atoms with Gasteiger partial charge < -0.3 is 19.5 Å². The predicted octanol–water partition coefficient (Wildman–Crippen LogP) is 2.63. The fraction of sp³-hybridized carbons (Fsp3) is 0.556. The Morgan fingerprint density at radius 2 is 1.88 bits per heavy atom. The Bertz CT molecular complexity index is 697. The quantitative estimate of drug-likeness (QED) is 0.908. The van der Waals surface area contributed by atoms with Gasteiger partial charge in [0.05, 0.1) is 26.5 Å². The maximum absolute atomic E-state index is 9.57. The van der Waals surface area contributed by atoms with Crippen LogP contribution in [0.1, 0.15) is 26.2 Å². The number of methoxy groups -OCH3 is 2. The number of anilines is 1. The third kappa shape index (κ3) is 3.38. The fourth-order valence-electron chi connectivity index (χ4n) is 3.49. The number of rotatable bonds is 5. The molecule has 1 aliphatic rings. The Morgan fingerprint density at radius 1 is 1.21 bits per heavy atom. The van der Waals surface area contributed by atoms with Crippen LogP contribution in [0.15, 0.2) is 18.3 Å². The molecule has 0 radical (unpaired) electrons. The van der Waals surface area contributed by atoms with Crippen LogP contribution in [0.3, 0.4) is 0 Å². The van der Waals surface area contributed by atoms with Crippen LogP contribution in [0, 0.1) is 5.92 Å². The predicted molar refractivity (Wildman–Crippen MR) is 93.9 cm³/mol. The molecule has 0 aliphatic carbocycles. The van der Waals surface area contributed by atoms with Gasteiger partial charge in [-0.1, -0.05) is 0 Å². The van der Waals surface area contributed by atoms with Crippen molar-refractivity contribution in [2.75, 3.05) is 32.2 Å². The molecule has 0 spiro atoms. The number of hydrogen-bond donors (Lipinski definition) is 1. The van der Waals surface area contributed by atoms with Crippen LogP contribution in [0.4, 0.5) is 5.82 Å². The number of nitrogens with zero attached hydrogens (tertiary/aromatic N) is 3. The number of benzene rings is 1. The summed E-state index contributed by atoms with van der Waals surface area (Å²) in [5, 5.41) is 20.1. The van der Waals surface area contributed by atoms with Crippen molar-refractivity contribution < 1.29 is 14.6 Å². The largest absolute Gasteiger partial charge is 0.493 e. The van der Waals surface area contributed by atoms with Crippen LogP contribution < -0.4 is 14.4 Å². The summed E-state index contributed by atoms with van der Waals surface area (Å²) in [4.78, 5) is 2.28. The van der Waals surface area contributed by atoms with Crippen LogP contribution >= 0.6 is 0 Å². The highest BCUT2D eigenvalue weighted by Crippen LogP contribution is 2.36. The lowest BCUT2D eigenvalue weighted by molar-refractivity contribution is 0.151. The zero-order valence-corrected chi connectivity index (χ0v) is 14.5. The van der Waals surface area contributed by atoms with E-state index >= 15 is 0 Å². The molecule has 1 fully saturated rings. The van der Waals surface area contributed by atoms with Crippen LogP contribution in [0.2, 0.25) is 0 Å². The first-order valence-corrected chi connectivity index (χ1v) is 8.42. The lowest BCUT2D eigenvalue weighted by Crippen LogP contribution is -2.35. The number of piperidine rings is 1. The van der Waals surface area contributed by atoms with Crippen molar-refractivity contribution in [1.82, 2.24) is 10.2 Å². The summed E-state index contributed by atoms with van der Waals surface area (Å²) < 4.78 is 10.8. The van der Waals surface area contributed by atoms with Gasteiger partial charge in [0.15, 0.2) is 17.3 Å². The van der Waals surface area contributed by atoms with E-state index in [-0.39, 0.29) is 6.10 Å². The third-order valence-electron chi connectivity index (χ3n) is 4.73. The summed E-state index contributed by atoms with van der Waals surface area (Å²) in [6, 6.07) is 3.91. The molecular formula is C18H25N3O3. The van der Waals surface area contributed by atoms with Crippen molar-refractivity contribution in [2.45, 2.75) is 32.3 Å². The number of aliphatic hydroxyl groups excluding tert-OH is 1. The second kappa shape index (κ2) is 7.21. The van der Waals surface area contributed by atoms with Gasteiger partial charge >= 0.3 is 0 Å². The maximum Gasteiger partial charge on any atom is 0.161 e. The summed E-state index contributed by atoms with van der Waals surface area (Å²) in [7, 11) is 3.27. The molecule has 1 aromatic carbocycles. The van der Waals surface area contributed by atoms with Gasteiger partial charge in [0.2, 0.25) is 0 Å². The van der Waals surface area contributed by atoms with Crippen molar-refractivity contribution in [3.63, 3.8) is 0 Å². The van der Waals surface area contributed by atoms with E-state index in [2.05, 4.69) is 15.1 Å². The topological polar surface area (TPSA) is 67.7 Å². The van der Waals surface area contributed by atoms with E-state index in [0.717, 1.165) is 48.9 Å².